The first-order chi connectivity index (χ1) is 8.54. The molecule has 1 heterocycles. The van der Waals surface area contributed by atoms with Crippen LogP contribution in [0.5, 0.6) is 5.75 Å². The molecule has 18 heavy (non-hydrogen) atoms. The number of halogens is 1. The van der Waals surface area contributed by atoms with E-state index in [1.54, 1.807) is 7.11 Å². The molecule has 0 spiro atoms. The number of benzene rings is 1. The predicted octanol–water partition coefficient (Wildman–Crippen LogP) is 2.84. The molecule has 1 saturated heterocycles. The van der Waals surface area contributed by atoms with E-state index in [1.807, 2.05) is 13.0 Å². The van der Waals surface area contributed by atoms with Gasteiger partial charge in [0.05, 0.1) is 12.8 Å². The molecule has 1 aromatic rings. The van der Waals surface area contributed by atoms with Crippen LogP contribution in [0, 0.1) is 6.92 Å². The maximum absolute atomic E-state index is 6.17. The molecule has 1 aliphatic heterocycles. The molecule has 100 valence electrons. The number of aryl methyl sites for hydroxylation is 1. The van der Waals surface area contributed by atoms with Crippen LogP contribution in [0.1, 0.15) is 19.4 Å². The number of methoxy groups -OCH3 is 1. The summed E-state index contributed by atoms with van der Waals surface area (Å²) in [6.45, 7) is 8.48. The van der Waals surface area contributed by atoms with Gasteiger partial charge in [0.1, 0.15) is 5.75 Å². The molecule has 0 saturated carbocycles. The summed E-state index contributed by atoms with van der Waals surface area (Å²) in [6.07, 6.45) is 0. The van der Waals surface area contributed by atoms with Gasteiger partial charge in [-0.1, -0.05) is 11.6 Å². The zero-order valence-corrected chi connectivity index (χ0v) is 12.2. The van der Waals surface area contributed by atoms with Gasteiger partial charge in [-0.25, -0.2) is 0 Å². The summed E-state index contributed by atoms with van der Waals surface area (Å²) in [5.74, 6) is 0.853. The van der Waals surface area contributed by atoms with Crippen LogP contribution < -0.4 is 15.0 Å². The lowest BCUT2D eigenvalue weighted by Crippen LogP contribution is -2.55. The SMILES string of the molecule is COc1cc(Cl)c(C)cc1N1C(C)CNCC1C. The molecule has 1 fully saturated rings. The largest absolute Gasteiger partial charge is 0.495 e. The fourth-order valence-corrected chi connectivity index (χ4v) is 2.77. The minimum Gasteiger partial charge on any atom is -0.495 e. The van der Waals surface area contributed by atoms with Crippen molar-refractivity contribution in [1.29, 1.82) is 0 Å². The second-order valence-corrected chi connectivity index (χ2v) is 5.44. The number of nitrogens with one attached hydrogen (secondary N) is 1. The molecule has 2 atom stereocenters. The lowest BCUT2D eigenvalue weighted by atomic mass is 10.1. The average molecular weight is 269 g/mol. The van der Waals surface area contributed by atoms with E-state index in [0.717, 1.165) is 35.1 Å². The standard InChI is InChI=1S/C14H21ClN2O/c1-9-5-13(14(18-4)6-12(9)15)17-10(2)7-16-8-11(17)3/h5-6,10-11,16H,7-8H2,1-4H3. The Hall–Kier alpha value is -0.930. The number of anilines is 1. The van der Waals surface area contributed by atoms with E-state index in [9.17, 15) is 0 Å². The maximum Gasteiger partial charge on any atom is 0.143 e. The van der Waals surface area contributed by atoms with Crippen LogP contribution in [0.2, 0.25) is 5.02 Å². The quantitative estimate of drug-likeness (QED) is 0.893. The first-order valence-corrected chi connectivity index (χ1v) is 6.75. The normalized spacial score (nSPS) is 24.2. The van der Waals surface area contributed by atoms with Gasteiger partial charge >= 0.3 is 0 Å². The summed E-state index contributed by atoms with van der Waals surface area (Å²) in [7, 11) is 1.70. The Labute approximate surface area is 114 Å². The summed E-state index contributed by atoms with van der Waals surface area (Å²) < 4.78 is 5.48. The van der Waals surface area contributed by atoms with Crippen molar-refractivity contribution in [3.8, 4) is 5.75 Å². The first kappa shape index (κ1) is 13.5. The monoisotopic (exact) mass is 268 g/mol. The predicted molar refractivity (Wildman–Crippen MR) is 77.0 cm³/mol. The van der Waals surface area contributed by atoms with Crippen LogP contribution in [-0.4, -0.2) is 32.3 Å². The summed E-state index contributed by atoms with van der Waals surface area (Å²) in [6, 6.07) is 4.93. The van der Waals surface area contributed by atoms with Crippen molar-refractivity contribution in [1.82, 2.24) is 5.32 Å². The number of hydrogen-bond donors (Lipinski definition) is 1. The Morgan fingerprint density at radius 3 is 2.44 bits per heavy atom. The Kier molecular flexibility index (Phi) is 4.03. The molecule has 0 aliphatic carbocycles. The average Bonchev–Trinajstić information content (AvgIpc) is 2.33. The van der Waals surface area contributed by atoms with Crippen molar-refractivity contribution in [2.24, 2.45) is 0 Å². The Morgan fingerprint density at radius 2 is 1.89 bits per heavy atom. The lowest BCUT2D eigenvalue weighted by Gasteiger charge is -2.42. The summed E-state index contributed by atoms with van der Waals surface area (Å²) in [4.78, 5) is 2.42. The van der Waals surface area contributed by atoms with Crippen LogP contribution in [0.15, 0.2) is 12.1 Å². The highest BCUT2D eigenvalue weighted by Gasteiger charge is 2.27. The number of nitrogens with zero attached hydrogens (tertiary/aromatic N) is 1. The molecule has 1 N–H and O–H groups in total. The van der Waals surface area contributed by atoms with Crippen molar-refractivity contribution >= 4 is 17.3 Å². The molecular weight excluding hydrogens is 248 g/mol. The molecule has 0 bridgehead atoms. The van der Waals surface area contributed by atoms with E-state index >= 15 is 0 Å². The van der Waals surface area contributed by atoms with Gasteiger partial charge in [0.15, 0.2) is 0 Å². The lowest BCUT2D eigenvalue weighted by molar-refractivity contribution is 0.396. The topological polar surface area (TPSA) is 24.5 Å². The first-order valence-electron chi connectivity index (χ1n) is 6.37. The van der Waals surface area contributed by atoms with E-state index in [2.05, 4.69) is 30.1 Å². The Morgan fingerprint density at radius 1 is 1.28 bits per heavy atom. The van der Waals surface area contributed by atoms with E-state index < -0.39 is 0 Å². The van der Waals surface area contributed by atoms with Crippen molar-refractivity contribution in [3.63, 3.8) is 0 Å². The van der Waals surface area contributed by atoms with Crippen LogP contribution in [-0.2, 0) is 0 Å². The van der Waals surface area contributed by atoms with E-state index in [1.165, 1.54) is 0 Å². The second-order valence-electron chi connectivity index (χ2n) is 5.04. The van der Waals surface area contributed by atoms with Crippen molar-refractivity contribution < 1.29 is 4.74 Å². The molecule has 2 rings (SSSR count). The van der Waals surface area contributed by atoms with Gasteiger partial charge in [-0.15, -0.1) is 0 Å². The van der Waals surface area contributed by atoms with Gasteiger partial charge < -0.3 is 15.0 Å². The molecule has 3 nitrogen and oxygen atoms in total. The number of ether oxygens (including phenoxy) is 1. The smallest absolute Gasteiger partial charge is 0.143 e. The minimum atomic E-state index is 0.447. The number of rotatable bonds is 2. The van der Waals surface area contributed by atoms with Gasteiger partial charge in [-0.05, 0) is 32.4 Å². The third-order valence-electron chi connectivity index (χ3n) is 3.57. The third kappa shape index (κ3) is 2.43. The zero-order valence-electron chi connectivity index (χ0n) is 11.5. The van der Waals surface area contributed by atoms with Crippen molar-refractivity contribution in [2.75, 3.05) is 25.1 Å². The highest BCUT2D eigenvalue weighted by Crippen LogP contribution is 2.36. The van der Waals surface area contributed by atoms with Crippen molar-refractivity contribution in [2.45, 2.75) is 32.9 Å². The van der Waals surface area contributed by atoms with Crippen molar-refractivity contribution in [3.05, 3.63) is 22.7 Å². The Balaban J connectivity index is 2.44. The molecule has 1 aliphatic rings. The third-order valence-corrected chi connectivity index (χ3v) is 3.97. The zero-order chi connectivity index (χ0) is 13.3. The number of piperazine rings is 1. The van der Waals surface area contributed by atoms with Crippen LogP contribution in [0.4, 0.5) is 5.69 Å². The van der Waals surface area contributed by atoms with E-state index in [4.69, 9.17) is 16.3 Å². The van der Waals surface area contributed by atoms with Gasteiger partial charge in [-0.2, -0.15) is 0 Å². The van der Waals surface area contributed by atoms with Crippen LogP contribution in [0.3, 0.4) is 0 Å². The molecule has 2 unspecified atom stereocenters. The summed E-state index contributed by atoms with van der Waals surface area (Å²) >= 11 is 6.17. The summed E-state index contributed by atoms with van der Waals surface area (Å²) in [5, 5.41) is 4.19. The van der Waals surface area contributed by atoms with E-state index in [0.29, 0.717) is 12.1 Å². The fourth-order valence-electron chi connectivity index (χ4n) is 2.62. The maximum atomic E-state index is 6.17. The Bertz CT molecular complexity index is 426. The highest BCUT2D eigenvalue weighted by molar-refractivity contribution is 6.31. The molecule has 1 aromatic carbocycles. The fraction of sp³-hybridized carbons (Fsp3) is 0.571. The molecular formula is C14H21ClN2O. The van der Waals surface area contributed by atoms with Gasteiger partial charge in [0, 0.05) is 36.3 Å². The van der Waals surface area contributed by atoms with Crippen LogP contribution >= 0.6 is 11.6 Å². The summed E-state index contributed by atoms with van der Waals surface area (Å²) in [5.41, 5.74) is 2.23. The number of hydrogen-bond acceptors (Lipinski definition) is 3. The van der Waals surface area contributed by atoms with Crippen LogP contribution in [0.25, 0.3) is 0 Å². The minimum absolute atomic E-state index is 0.447. The molecule has 0 amide bonds. The molecule has 0 radical (unpaired) electrons. The molecule has 0 aromatic heterocycles. The highest BCUT2D eigenvalue weighted by atomic mass is 35.5. The molecule has 4 heteroatoms. The van der Waals surface area contributed by atoms with E-state index in [-0.39, 0.29) is 0 Å². The van der Waals surface area contributed by atoms with Gasteiger partial charge in [0.2, 0.25) is 0 Å². The second kappa shape index (κ2) is 5.37. The van der Waals surface area contributed by atoms with Gasteiger partial charge in [-0.3, -0.25) is 0 Å². The van der Waals surface area contributed by atoms with Gasteiger partial charge in [0.25, 0.3) is 0 Å².